The second-order valence-corrected chi connectivity index (χ2v) is 5.15. The molecule has 0 unspecified atom stereocenters. The van der Waals surface area contributed by atoms with Gasteiger partial charge in [-0.05, 0) is 41.1 Å². The van der Waals surface area contributed by atoms with Crippen LogP contribution in [0.15, 0.2) is 60.7 Å². The van der Waals surface area contributed by atoms with Gasteiger partial charge < -0.3 is 14.8 Å². The molecule has 112 valence electrons. The maximum absolute atomic E-state index is 9.41. The van der Waals surface area contributed by atoms with E-state index in [-0.39, 0.29) is 0 Å². The summed E-state index contributed by atoms with van der Waals surface area (Å²) in [5.41, 5.74) is 2.20. The zero-order valence-electron chi connectivity index (χ0n) is 12.7. The summed E-state index contributed by atoms with van der Waals surface area (Å²) >= 11 is 0. The van der Waals surface area contributed by atoms with Crippen LogP contribution in [-0.4, -0.2) is 24.3 Å². The van der Waals surface area contributed by atoms with Gasteiger partial charge in [0.15, 0.2) is 0 Å². The summed E-state index contributed by atoms with van der Waals surface area (Å²) in [7, 11) is -0.0570. The third-order valence-electron chi connectivity index (χ3n) is 3.59. The van der Waals surface area contributed by atoms with Crippen molar-refractivity contribution in [1.82, 2.24) is 0 Å². The Morgan fingerprint density at radius 1 is 0.826 bits per heavy atom. The normalized spacial score (nSPS) is 10.0. The van der Waals surface area contributed by atoms with E-state index in [1.54, 1.807) is 12.1 Å². The van der Waals surface area contributed by atoms with E-state index >= 15 is 0 Å². The van der Waals surface area contributed by atoms with Crippen LogP contribution in [0.3, 0.4) is 0 Å². The summed E-state index contributed by atoms with van der Waals surface area (Å²) in [5.74, 6) is 6.71. The molecule has 0 aliphatic heterocycles. The van der Waals surface area contributed by atoms with Crippen molar-refractivity contribution >= 4 is 23.4 Å². The molecule has 0 atom stereocenters. The highest BCUT2D eigenvalue weighted by Gasteiger charge is 2.17. The number of rotatable bonds is 2. The van der Waals surface area contributed by atoms with Gasteiger partial charge in [-0.25, -0.2) is 0 Å². The molecule has 0 aliphatic carbocycles. The van der Waals surface area contributed by atoms with Crippen molar-refractivity contribution in [3.63, 3.8) is 0 Å². The van der Waals surface area contributed by atoms with Crippen LogP contribution in [0.2, 0.25) is 0 Å². The fourth-order valence-electron chi connectivity index (χ4n) is 2.42. The molecule has 0 saturated carbocycles. The molecule has 0 bridgehead atoms. The second kappa shape index (κ2) is 6.57. The molecule has 3 aromatic rings. The molecule has 0 saturated heterocycles. The Kier molecular flexibility index (Phi) is 4.34. The van der Waals surface area contributed by atoms with Crippen molar-refractivity contribution in [2.75, 3.05) is 7.11 Å². The van der Waals surface area contributed by atoms with Crippen LogP contribution in [0.1, 0.15) is 11.1 Å². The number of ether oxygens (including phenoxy) is 1. The van der Waals surface area contributed by atoms with E-state index in [0.29, 0.717) is 11.2 Å². The van der Waals surface area contributed by atoms with Gasteiger partial charge in [-0.3, -0.25) is 0 Å². The van der Waals surface area contributed by atoms with Gasteiger partial charge in [0.05, 0.1) is 7.11 Å². The summed E-state index contributed by atoms with van der Waals surface area (Å²) in [6.45, 7) is 0. The summed E-state index contributed by atoms with van der Waals surface area (Å²) in [4.78, 5) is 0. The first-order valence-corrected chi connectivity index (χ1v) is 7.22. The number of benzene rings is 3. The fourth-order valence-corrected chi connectivity index (χ4v) is 2.42. The Balaban J connectivity index is 2.02. The molecular weight excluding hydrogens is 287 g/mol. The standard InChI is InChI=1S/C19H15BO3/c1-23-19-13-17-11-15(8-7-14-5-3-2-4-6-14)9-10-16(17)12-18(19)20(21)22/h2-6,9-13,21-22H,1H3. The summed E-state index contributed by atoms with van der Waals surface area (Å²) < 4.78 is 5.23. The molecule has 4 heteroatoms. The Hall–Kier alpha value is -2.74. The first-order valence-electron chi connectivity index (χ1n) is 7.22. The van der Waals surface area contributed by atoms with Crippen LogP contribution in [0.4, 0.5) is 0 Å². The monoisotopic (exact) mass is 302 g/mol. The maximum atomic E-state index is 9.41. The van der Waals surface area contributed by atoms with Gasteiger partial charge in [0.1, 0.15) is 5.75 Å². The zero-order chi connectivity index (χ0) is 16.2. The quantitative estimate of drug-likeness (QED) is 0.562. The van der Waals surface area contributed by atoms with E-state index in [1.165, 1.54) is 7.11 Å². The molecular formula is C19H15BO3. The van der Waals surface area contributed by atoms with Crippen LogP contribution in [0.25, 0.3) is 10.8 Å². The van der Waals surface area contributed by atoms with Crippen molar-refractivity contribution in [3.05, 3.63) is 71.8 Å². The van der Waals surface area contributed by atoms with Crippen LogP contribution in [0, 0.1) is 11.8 Å². The molecule has 2 N–H and O–H groups in total. The molecule has 23 heavy (non-hydrogen) atoms. The molecule has 0 fully saturated rings. The lowest BCUT2D eigenvalue weighted by molar-refractivity contribution is 0.403. The topological polar surface area (TPSA) is 49.7 Å². The SMILES string of the molecule is COc1cc2cc(C#Cc3ccccc3)ccc2cc1B(O)O. The zero-order valence-corrected chi connectivity index (χ0v) is 12.7. The number of hydrogen-bond donors (Lipinski definition) is 2. The van der Waals surface area contributed by atoms with Gasteiger partial charge in [0, 0.05) is 16.6 Å². The summed E-state index contributed by atoms with van der Waals surface area (Å²) in [6.07, 6.45) is 0. The number of hydrogen-bond acceptors (Lipinski definition) is 3. The van der Waals surface area contributed by atoms with Crippen molar-refractivity contribution in [1.29, 1.82) is 0 Å². The minimum absolute atomic E-state index is 0.350. The van der Waals surface area contributed by atoms with E-state index in [4.69, 9.17) is 4.74 Å². The van der Waals surface area contributed by atoms with Gasteiger partial charge in [0.25, 0.3) is 0 Å². The van der Waals surface area contributed by atoms with Crippen molar-refractivity contribution < 1.29 is 14.8 Å². The third kappa shape index (κ3) is 3.37. The Labute approximate surface area is 135 Å². The molecule has 3 nitrogen and oxygen atoms in total. The smallest absolute Gasteiger partial charge is 0.492 e. The molecule has 0 aliphatic rings. The van der Waals surface area contributed by atoms with Crippen LogP contribution in [0.5, 0.6) is 5.75 Å². The average Bonchev–Trinajstić information content (AvgIpc) is 2.59. The third-order valence-corrected chi connectivity index (χ3v) is 3.59. The fraction of sp³-hybridized carbons (Fsp3) is 0.0526. The highest BCUT2D eigenvalue weighted by atomic mass is 16.5. The van der Waals surface area contributed by atoms with Crippen molar-refractivity contribution in [2.24, 2.45) is 0 Å². The predicted octanol–water partition coefficient (Wildman–Crippen LogP) is 1.93. The molecule has 0 radical (unpaired) electrons. The number of methoxy groups -OCH3 is 1. The molecule has 3 aromatic carbocycles. The maximum Gasteiger partial charge on any atom is 0.492 e. The van der Waals surface area contributed by atoms with Crippen molar-refractivity contribution in [2.45, 2.75) is 0 Å². The summed E-state index contributed by atoms with van der Waals surface area (Å²) in [5, 5.41) is 20.7. The summed E-state index contributed by atoms with van der Waals surface area (Å²) in [6, 6.07) is 19.1. The van der Waals surface area contributed by atoms with Crippen LogP contribution < -0.4 is 10.2 Å². The van der Waals surface area contributed by atoms with E-state index in [1.807, 2.05) is 48.5 Å². The first kappa shape index (κ1) is 15.2. The lowest BCUT2D eigenvalue weighted by Crippen LogP contribution is -2.31. The predicted molar refractivity (Wildman–Crippen MR) is 92.7 cm³/mol. The lowest BCUT2D eigenvalue weighted by Gasteiger charge is -2.10. The van der Waals surface area contributed by atoms with Crippen LogP contribution >= 0.6 is 0 Å². The Bertz CT molecular complexity index is 893. The minimum atomic E-state index is -1.56. The largest absolute Gasteiger partial charge is 0.497 e. The minimum Gasteiger partial charge on any atom is -0.497 e. The van der Waals surface area contributed by atoms with Crippen LogP contribution in [-0.2, 0) is 0 Å². The molecule has 0 heterocycles. The van der Waals surface area contributed by atoms with E-state index in [0.717, 1.165) is 21.9 Å². The second-order valence-electron chi connectivity index (χ2n) is 5.15. The number of fused-ring (bicyclic) bond motifs is 1. The van der Waals surface area contributed by atoms with Gasteiger partial charge in [-0.2, -0.15) is 0 Å². The van der Waals surface area contributed by atoms with Gasteiger partial charge >= 0.3 is 7.12 Å². The molecule has 0 spiro atoms. The lowest BCUT2D eigenvalue weighted by atomic mass is 9.78. The molecule has 3 rings (SSSR count). The molecule has 0 amide bonds. The van der Waals surface area contributed by atoms with E-state index in [9.17, 15) is 10.0 Å². The molecule has 0 aromatic heterocycles. The van der Waals surface area contributed by atoms with Gasteiger partial charge in [-0.15, -0.1) is 0 Å². The highest BCUT2D eigenvalue weighted by Crippen LogP contribution is 2.20. The van der Waals surface area contributed by atoms with E-state index in [2.05, 4.69) is 11.8 Å². The van der Waals surface area contributed by atoms with Gasteiger partial charge in [0.2, 0.25) is 0 Å². The van der Waals surface area contributed by atoms with Gasteiger partial charge in [-0.1, -0.05) is 42.2 Å². The average molecular weight is 302 g/mol. The highest BCUT2D eigenvalue weighted by molar-refractivity contribution is 6.60. The van der Waals surface area contributed by atoms with E-state index < -0.39 is 7.12 Å². The first-order chi connectivity index (χ1) is 11.2. The Morgan fingerprint density at radius 3 is 2.26 bits per heavy atom. The van der Waals surface area contributed by atoms with Crippen molar-refractivity contribution in [3.8, 4) is 17.6 Å². The Morgan fingerprint density at radius 2 is 1.57 bits per heavy atom.